The van der Waals surface area contributed by atoms with Gasteiger partial charge in [0.2, 0.25) is 0 Å². The molecule has 1 aromatic heterocycles. The number of unbranched alkanes of at least 4 members (excludes halogenated alkanes) is 1. The van der Waals surface area contributed by atoms with Crippen LogP contribution in [0.3, 0.4) is 0 Å². The van der Waals surface area contributed by atoms with Gasteiger partial charge < -0.3 is 19.5 Å². The van der Waals surface area contributed by atoms with Crippen LogP contribution < -0.4 is 9.64 Å². The van der Waals surface area contributed by atoms with Crippen LogP contribution in [0.1, 0.15) is 38.2 Å². The van der Waals surface area contributed by atoms with Crippen LogP contribution in [0.2, 0.25) is 0 Å². The second-order valence-electron chi connectivity index (χ2n) is 7.34. The minimum Gasteiger partial charge on any atom is -0.491 e. The second-order valence-corrected chi connectivity index (χ2v) is 7.34. The maximum Gasteiger partial charge on any atom is 0.328 e. The van der Waals surface area contributed by atoms with Gasteiger partial charge in [-0.05, 0) is 49.1 Å². The van der Waals surface area contributed by atoms with Crippen molar-refractivity contribution in [2.45, 2.75) is 32.6 Å². The molecule has 0 unspecified atom stereocenters. The van der Waals surface area contributed by atoms with Gasteiger partial charge in [-0.1, -0.05) is 25.5 Å². The van der Waals surface area contributed by atoms with Crippen LogP contribution in [-0.2, 0) is 9.53 Å². The summed E-state index contributed by atoms with van der Waals surface area (Å²) in [5, 5.41) is 9.04. The van der Waals surface area contributed by atoms with Gasteiger partial charge in [-0.3, -0.25) is 0 Å². The summed E-state index contributed by atoms with van der Waals surface area (Å²) in [4.78, 5) is 17.9. The summed E-state index contributed by atoms with van der Waals surface area (Å²) in [5.41, 5.74) is 2.77. The Hall–Kier alpha value is -2.86. The molecule has 0 saturated carbocycles. The Morgan fingerprint density at radius 2 is 1.90 bits per heavy atom. The van der Waals surface area contributed by atoms with Gasteiger partial charge in [0.25, 0.3) is 0 Å². The van der Waals surface area contributed by atoms with Crippen LogP contribution in [0.15, 0.2) is 42.6 Å². The number of rotatable bonds is 11. The van der Waals surface area contributed by atoms with Crippen molar-refractivity contribution in [2.24, 2.45) is 0 Å². The highest BCUT2D eigenvalue weighted by molar-refractivity contribution is 5.87. The third kappa shape index (κ3) is 6.32. The minimum absolute atomic E-state index is 0.527. The predicted octanol–water partition coefficient (Wildman–Crippen LogP) is 4.64. The number of aromatic nitrogens is 1. The van der Waals surface area contributed by atoms with Gasteiger partial charge in [-0.25, -0.2) is 9.78 Å². The Morgan fingerprint density at radius 1 is 1.13 bits per heavy atom. The molecule has 0 spiro atoms. The highest BCUT2D eigenvalue weighted by Crippen LogP contribution is 2.29. The number of hydrogen-bond donors (Lipinski definition) is 1. The number of nitrogens with zero attached hydrogens (tertiary/aromatic N) is 2. The highest BCUT2D eigenvalue weighted by atomic mass is 16.5. The van der Waals surface area contributed by atoms with E-state index in [0.717, 1.165) is 73.6 Å². The summed E-state index contributed by atoms with van der Waals surface area (Å²) >= 11 is 0. The van der Waals surface area contributed by atoms with Crippen molar-refractivity contribution >= 4 is 17.9 Å². The van der Waals surface area contributed by atoms with E-state index in [2.05, 4.69) is 16.8 Å². The van der Waals surface area contributed by atoms with E-state index in [1.165, 1.54) is 6.08 Å². The normalized spacial score (nSPS) is 13.8. The Balaban J connectivity index is 1.68. The number of hydrogen-bond acceptors (Lipinski definition) is 5. The highest BCUT2D eigenvalue weighted by Gasteiger charge is 2.17. The number of carboxylic acid groups (broad SMARTS) is 1. The second kappa shape index (κ2) is 11.4. The van der Waals surface area contributed by atoms with E-state index in [4.69, 9.17) is 14.6 Å². The van der Waals surface area contributed by atoms with E-state index >= 15 is 0 Å². The smallest absolute Gasteiger partial charge is 0.328 e. The molecule has 6 nitrogen and oxygen atoms in total. The molecule has 1 aliphatic rings. The first kappa shape index (κ1) is 21.8. The molecule has 1 aliphatic heterocycles. The molecule has 0 aliphatic carbocycles. The van der Waals surface area contributed by atoms with E-state index in [1.54, 1.807) is 6.08 Å². The van der Waals surface area contributed by atoms with Crippen LogP contribution in [-0.4, -0.2) is 49.0 Å². The molecular weight excluding hydrogens is 380 g/mol. The Kier molecular flexibility index (Phi) is 8.27. The summed E-state index contributed by atoms with van der Waals surface area (Å²) in [5.74, 6) is 0.676. The van der Waals surface area contributed by atoms with Gasteiger partial charge >= 0.3 is 5.97 Å². The lowest BCUT2D eigenvalue weighted by atomic mass is 10.0. The third-order valence-corrected chi connectivity index (χ3v) is 5.03. The van der Waals surface area contributed by atoms with Crippen LogP contribution in [0.4, 0.5) is 5.82 Å². The molecule has 1 aromatic carbocycles. The van der Waals surface area contributed by atoms with Crippen molar-refractivity contribution in [2.75, 3.05) is 37.8 Å². The molecule has 0 amide bonds. The van der Waals surface area contributed by atoms with E-state index in [0.29, 0.717) is 13.2 Å². The van der Waals surface area contributed by atoms with Crippen molar-refractivity contribution in [1.29, 1.82) is 0 Å². The van der Waals surface area contributed by atoms with Crippen molar-refractivity contribution < 1.29 is 19.4 Å². The number of carbonyl (C=O) groups is 1. The van der Waals surface area contributed by atoms with Crippen LogP contribution in [0.25, 0.3) is 17.2 Å². The average molecular weight is 411 g/mol. The van der Waals surface area contributed by atoms with Gasteiger partial charge in [-0.15, -0.1) is 0 Å². The summed E-state index contributed by atoms with van der Waals surface area (Å²) in [6.07, 6.45) is 9.12. The largest absolute Gasteiger partial charge is 0.491 e. The fourth-order valence-electron chi connectivity index (χ4n) is 3.42. The molecule has 30 heavy (non-hydrogen) atoms. The molecule has 0 bridgehead atoms. The summed E-state index contributed by atoms with van der Waals surface area (Å²) in [6.45, 7) is 5.94. The van der Waals surface area contributed by atoms with E-state index in [-0.39, 0.29) is 0 Å². The molecule has 1 saturated heterocycles. The first-order valence-electron chi connectivity index (χ1n) is 10.6. The first-order chi connectivity index (χ1) is 14.7. The molecule has 160 valence electrons. The lowest BCUT2D eigenvalue weighted by Gasteiger charge is -2.19. The van der Waals surface area contributed by atoms with Crippen molar-refractivity contribution in [1.82, 2.24) is 4.98 Å². The SMILES string of the molecule is CCCCOCCOc1ccc(-c2cnc(N3CCCC3)c(/C=C/C(=O)O)c2)cc1. The molecule has 1 N–H and O–H groups in total. The fraction of sp³-hybridized carbons (Fsp3) is 0.417. The number of aliphatic carboxylic acids is 1. The van der Waals surface area contributed by atoms with Gasteiger partial charge in [0.1, 0.15) is 18.2 Å². The molecule has 0 radical (unpaired) electrons. The van der Waals surface area contributed by atoms with Crippen LogP contribution >= 0.6 is 0 Å². The lowest BCUT2D eigenvalue weighted by Crippen LogP contribution is -2.20. The number of pyridine rings is 1. The van der Waals surface area contributed by atoms with E-state index < -0.39 is 5.97 Å². The third-order valence-electron chi connectivity index (χ3n) is 5.03. The first-order valence-corrected chi connectivity index (χ1v) is 10.6. The molecule has 3 rings (SSSR count). The van der Waals surface area contributed by atoms with Crippen LogP contribution in [0, 0.1) is 0 Å². The Labute approximate surface area is 178 Å². The molecule has 6 heteroatoms. The van der Waals surface area contributed by atoms with Gasteiger partial charge in [-0.2, -0.15) is 0 Å². The standard InChI is InChI=1S/C24H30N2O4/c1-2-3-14-29-15-16-30-22-9-6-19(7-10-22)21-17-20(8-11-23(27)28)24(25-18-21)26-12-4-5-13-26/h6-11,17-18H,2-5,12-16H2,1H3,(H,27,28)/b11-8+. The molecule has 2 heterocycles. The van der Waals surface area contributed by atoms with Crippen molar-refractivity contribution in [3.05, 3.63) is 48.2 Å². The maximum atomic E-state index is 11.0. The topological polar surface area (TPSA) is 71.9 Å². The monoisotopic (exact) mass is 410 g/mol. The average Bonchev–Trinajstić information content (AvgIpc) is 3.29. The molecule has 2 aromatic rings. The summed E-state index contributed by atoms with van der Waals surface area (Å²) < 4.78 is 11.2. The zero-order valence-corrected chi connectivity index (χ0v) is 17.5. The number of carboxylic acids is 1. The van der Waals surface area contributed by atoms with E-state index in [9.17, 15) is 4.79 Å². The van der Waals surface area contributed by atoms with Crippen molar-refractivity contribution in [3.8, 4) is 16.9 Å². The zero-order valence-electron chi connectivity index (χ0n) is 17.5. The number of anilines is 1. The van der Waals surface area contributed by atoms with Crippen molar-refractivity contribution in [3.63, 3.8) is 0 Å². The zero-order chi connectivity index (χ0) is 21.2. The number of benzene rings is 1. The summed E-state index contributed by atoms with van der Waals surface area (Å²) in [6, 6.07) is 9.84. The molecule has 1 fully saturated rings. The molecule has 0 atom stereocenters. The maximum absolute atomic E-state index is 11.0. The quantitative estimate of drug-likeness (QED) is 0.430. The minimum atomic E-state index is -0.965. The van der Waals surface area contributed by atoms with Gasteiger partial charge in [0, 0.05) is 43.1 Å². The predicted molar refractivity (Wildman–Crippen MR) is 119 cm³/mol. The van der Waals surface area contributed by atoms with E-state index in [1.807, 2.05) is 36.5 Å². The van der Waals surface area contributed by atoms with Crippen LogP contribution in [0.5, 0.6) is 5.75 Å². The van der Waals surface area contributed by atoms with Gasteiger partial charge in [0.15, 0.2) is 0 Å². The Bertz CT molecular complexity index is 843. The fourth-order valence-corrected chi connectivity index (χ4v) is 3.42. The summed E-state index contributed by atoms with van der Waals surface area (Å²) in [7, 11) is 0. The molecular formula is C24H30N2O4. The lowest BCUT2D eigenvalue weighted by molar-refractivity contribution is -0.131. The Morgan fingerprint density at radius 3 is 2.60 bits per heavy atom. The van der Waals surface area contributed by atoms with Gasteiger partial charge in [0.05, 0.1) is 6.61 Å². The number of ether oxygens (including phenoxy) is 2.